The first-order valence-corrected chi connectivity index (χ1v) is 9.36. The second kappa shape index (κ2) is 6.88. The van der Waals surface area contributed by atoms with Crippen LogP contribution in [-0.2, 0) is 0 Å². The first-order valence-electron chi connectivity index (χ1n) is 9.36. The molecule has 26 heavy (non-hydrogen) atoms. The highest BCUT2D eigenvalue weighted by molar-refractivity contribution is 5.79. The van der Waals surface area contributed by atoms with Crippen molar-refractivity contribution in [2.24, 2.45) is 0 Å². The molecule has 0 N–H and O–H groups in total. The van der Waals surface area contributed by atoms with Gasteiger partial charge >= 0.3 is 0 Å². The third kappa shape index (κ3) is 3.16. The van der Waals surface area contributed by atoms with Gasteiger partial charge in [-0.1, -0.05) is 0 Å². The van der Waals surface area contributed by atoms with Gasteiger partial charge < -0.3 is 9.80 Å². The fraction of sp³-hybridized carbons (Fsp3) is 0.429. The first-order chi connectivity index (χ1) is 12.5. The molecular formula is C21H25F2N3. The molecule has 2 heterocycles. The summed E-state index contributed by atoms with van der Waals surface area (Å²) >= 11 is 0. The van der Waals surface area contributed by atoms with Crippen molar-refractivity contribution in [3.8, 4) is 0 Å². The zero-order chi connectivity index (χ0) is 18.3. The van der Waals surface area contributed by atoms with Gasteiger partial charge in [0.25, 0.3) is 0 Å². The minimum atomic E-state index is -0.258. The molecule has 0 aliphatic carbocycles. The number of benzene rings is 2. The van der Waals surface area contributed by atoms with Gasteiger partial charge in [0.1, 0.15) is 11.6 Å². The van der Waals surface area contributed by atoms with E-state index in [9.17, 15) is 8.78 Å². The monoisotopic (exact) mass is 357 g/mol. The maximum absolute atomic E-state index is 14.0. The number of hydrogen-bond acceptors (Lipinski definition) is 3. The van der Waals surface area contributed by atoms with Crippen molar-refractivity contribution in [3.63, 3.8) is 0 Å². The Labute approximate surface area is 153 Å². The summed E-state index contributed by atoms with van der Waals surface area (Å²) in [6, 6.07) is 12.5. The maximum atomic E-state index is 14.0. The van der Waals surface area contributed by atoms with Crippen LogP contribution in [0, 0.1) is 11.6 Å². The van der Waals surface area contributed by atoms with Crippen molar-refractivity contribution in [2.75, 3.05) is 36.0 Å². The Morgan fingerprint density at radius 2 is 1.62 bits per heavy atom. The molecule has 2 aromatic carbocycles. The molecule has 0 spiro atoms. The van der Waals surface area contributed by atoms with Crippen molar-refractivity contribution in [1.82, 2.24) is 4.90 Å². The molecule has 0 bridgehead atoms. The fourth-order valence-corrected chi connectivity index (χ4v) is 4.16. The molecule has 0 saturated carbocycles. The fourth-order valence-electron chi connectivity index (χ4n) is 4.16. The van der Waals surface area contributed by atoms with Crippen LogP contribution in [-0.4, -0.2) is 43.2 Å². The smallest absolute Gasteiger partial charge is 0.125 e. The predicted octanol–water partition coefficient (Wildman–Crippen LogP) is 4.41. The van der Waals surface area contributed by atoms with E-state index in [4.69, 9.17) is 0 Å². The number of halogens is 2. The lowest BCUT2D eigenvalue weighted by Gasteiger charge is -2.42. The number of fused-ring (bicyclic) bond motifs is 1. The molecule has 2 aromatic rings. The normalized spacial score (nSPS) is 20.7. The molecule has 2 aliphatic heterocycles. The molecule has 1 fully saturated rings. The first kappa shape index (κ1) is 17.3. The van der Waals surface area contributed by atoms with Gasteiger partial charge in [-0.2, -0.15) is 0 Å². The zero-order valence-electron chi connectivity index (χ0n) is 15.3. The van der Waals surface area contributed by atoms with Gasteiger partial charge in [0.05, 0.1) is 11.4 Å². The molecule has 1 atom stereocenters. The summed E-state index contributed by atoms with van der Waals surface area (Å²) in [6.45, 7) is 8.27. The summed E-state index contributed by atoms with van der Waals surface area (Å²) in [4.78, 5) is 7.01. The summed E-state index contributed by atoms with van der Waals surface area (Å²) < 4.78 is 27.3. The Morgan fingerprint density at radius 3 is 2.31 bits per heavy atom. The number of rotatable bonds is 3. The summed E-state index contributed by atoms with van der Waals surface area (Å²) in [5, 5.41) is 0. The molecule has 138 valence electrons. The van der Waals surface area contributed by atoms with E-state index in [-0.39, 0.29) is 11.6 Å². The Bertz CT molecular complexity index is 775. The predicted molar refractivity (Wildman–Crippen MR) is 102 cm³/mol. The number of likely N-dealkylation sites (tertiary alicyclic amines) is 1. The number of nitrogens with zero attached hydrogens (tertiary/aromatic N) is 3. The second-order valence-electron chi connectivity index (χ2n) is 7.49. The van der Waals surface area contributed by atoms with Crippen LogP contribution >= 0.6 is 0 Å². The zero-order valence-corrected chi connectivity index (χ0v) is 15.3. The Hall–Kier alpha value is -2.14. The van der Waals surface area contributed by atoms with Crippen LogP contribution in [0.25, 0.3) is 0 Å². The summed E-state index contributed by atoms with van der Waals surface area (Å²) in [6.07, 6.45) is 1.13. The van der Waals surface area contributed by atoms with Gasteiger partial charge in [-0.05, 0) is 62.7 Å². The molecule has 0 radical (unpaired) electrons. The average Bonchev–Trinajstić information content (AvgIpc) is 3.12. The number of anilines is 3. The molecule has 4 rings (SSSR count). The Balaban J connectivity index is 1.66. The molecule has 0 unspecified atom stereocenters. The molecule has 5 heteroatoms. The summed E-state index contributed by atoms with van der Waals surface area (Å²) in [5.74, 6) is -0.500. The van der Waals surface area contributed by atoms with Crippen molar-refractivity contribution in [1.29, 1.82) is 0 Å². The van der Waals surface area contributed by atoms with Crippen molar-refractivity contribution < 1.29 is 8.78 Å². The van der Waals surface area contributed by atoms with Crippen LogP contribution in [0.2, 0.25) is 0 Å². The van der Waals surface area contributed by atoms with Crippen molar-refractivity contribution in [3.05, 3.63) is 54.1 Å². The van der Waals surface area contributed by atoms with Crippen LogP contribution in [0.15, 0.2) is 42.5 Å². The highest BCUT2D eigenvalue weighted by Gasteiger charge is 2.33. The average molecular weight is 357 g/mol. The van der Waals surface area contributed by atoms with E-state index in [2.05, 4.69) is 28.5 Å². The number of hydrogen-bond donors (Lipinski definition) is 0. The van der Waals surface area contributed by atoms with Gasteiger partial charge in [-0.3, -0.25) is 4.90 Å². The van der Waals surface area contributed by atoms with Gasteiger partial charge in [-0.15, -0.1) is 0 Å². The van der Waals surface area contributed by atoms with E-state index in [0.29, 0.717) is 12.1 Å². The van der Waals surface area contributed by atoms with E-state index in [0.717, 1.165) is 49.7 Å². The van der Waals surface area contributed by atoms with Crippen molar-refractivity contribution >= 4 is 17.1 Å². The lowest BCUT2D eigenvalue weighted by molar-refractivity contribution is 0.271. The maximum Gasteiger partial charge on any atom is 0.125 e. The molecule has 3 nitrogen and oxygen atoms in total. The van der Waals surface area contributed by atoms with Crippen LogP contribution in [0.4, 0.5) is 25.8 Å². The van der Waals surface area contributed by atoms with Gasteiger partial charge in [0.15, 0.2) is 0 Å². The van der Waals surface area contributed by atoms with E-state index < -0.39 is 0 Å². The molecule has 0 aromatic heterocycles. The highest BCUT2D eigenvalue weighted by atomic mass is 19.1. The summed E-state index contributed by atoms with van der Waals surface area (Å²) in [5.41, 5.74) is 2.83. The van der Waals surface area contributed by atoms with Crippen LogP contribution < -0.4 is 9.80 Å². The Morgan fingerprint density at radius 1 is 0.885 bits per heavy atom. The lowest BCUT2D eigenvalue weighted by atomic mass is 10.1. The standard InChI is InChI=1S/C21H25F2N3/c1-15(2)24-10-9-19(14-24)26-12-11-25(18-6-3-16(22)4-7-18)21-13-17(23)5-8-20(21)26/h3-8,13,15,19H,9-12,14H2,1-2H3/t19-/m1/s1. The topological polar surface area (TPSA) is 9.72 Å². The summed E-state index contributed by atoms with van der Waals surface area (Å²) in [7, 11) is 0. The van der Waals surface area contributed by atoms with Crippen LogP contribution in [0.5, 0.6) is 0 Å². The van der Waals surface area contributed by atoms with E-state index in [1.165, 1.54) is 18.2 Å². The van der Waals surface area contributed by atoms with Crippen molar-refractivity contribution in [2.45, 2.75) is 32.4 Å². The molecule has 0 amide bonds. The highest BCUT2D eigenvalue weighted by Crippen LogP contribution is 2.40. The van der Waals surface area contributed by atoms with Crippen LogP contribution in [0.3, 0.4) is 0 Å². The lowest BCUT2D eigenvalue weighted by Crippen LogP contribution is -2.46. The van der Waals surface area contributed by atoms with Crippen LogP contribution in [0.1, 0.15) is 20.3 Å². The van der Waals surface area contributed by atoms with Gasteiger partial charge in [0, 0.05) is 44.0 Å². The van der Waals surface area contributed by atoms with E-state index in [1.54, 1.807) is 18.2 Å². The minimum absolute atomic E-state index is 0.243. The quantitative estimate of drug-likeness (QED) is 0.806. The second-order valence-corrected chi connectivity index (χ2v) is 7.49. The van der Waals surface area contributed by atoms with Gasteiger partial charge in [-0.25, -0.2) is 8.78 Å². The minimum Gasteiger partial charge on any atom is -0.364 e. The molecule has 2 aliphatic rings. The van der Waals surface area contributed by atoms with E-state index in [1.807, 2.05) is 6.07 Å². The largest absolute Gasteiger partial charge is 0.364 e. The van der Waals surface area contributed by atoms with Gasteiger partial charge in [0.2, 0.25) is 0 Å². The SMILES string of the molecule is CC(C)N1CC[C@@H](N2CCN(c3ccc(F)cc3)c3cc(F)ccc32)C1. The molecule has 1 saturated heterocycles. The van der Waals surface area contributed by atoms with E-state index >= 15 is 0 Å². The third-order valence-electron chi connectivity index (χ3n) is 5.61. The third-order valence-corrected chi connectivity index (χ3v) is 5.61. The Kier molecular flexibility index (Phi) is 4.57. The molecular weight excluding hydrogens is 332 g/mol.